The fourth-order valence-electron chi connectivity index (χ4n) is 1.54. The number of thioether (sulfide) groups is 1. The molecule has 0 fully saturated rings. The average molecular weight is 401 g/mol. The fourth-order valence-corrected chi connectivity index (χ4v) is 3.73. The summed E-state index contributed by atoms with van der Waals surface area (Å²) in [6.45, 7) is 4.83. The lowest BCUT2D eigenvalue weighted by Crippen LogP contribution is -2.22. The Hall–Kier alpha value is -1.12. The number of halogens is 1. The Balaban J connectivity index is 1.87. The van der Waals surface area contributed by atoms with Crippen molar-refractivity contribution in [2.24, 2.45) is 0 Å². The summed E-state index contributed by atoms with van der Waals surface area (Å²) in [6, 6.07) is 7.50. The Morgan fingerprint density at radius 1 is 1.36 bits per heavy atom. The molecule has 0 unspecified atom stereocenters. The second-order valence-corrected chi connectivity index (χ2v) is 8.04. The van der Waals surface area contributed by atoms with Gasteiger partial charge in [-0.25, -0.2) is 0 Å². The Bertz CT molecular complexity index is 618. The van der Waals surface area contributed by atoms with Gasteiger partial charge in [-0.2, -0.15) is 0 Å². The third-order valence-corrected chi connectivity index (χ3v) is 5.29. The van der Waals surface area contributed by atoms with Crippen molar-refractivity contribution in [2.45, 2.75) is 29.9 Å². The van der Waals surface area contributed by atoms with Gasteiger partial charge in [0.1, 0.15) is 0 Å². The molecule has 2 rings (SSSR count). The number of nitrogens with zero attached hydrogens (tertiary/aromatic N) is 2. The quantitative estimate of drug-likeness (QED) is 0.680. The second-order valence-electron chi connectivity index (χ2n) is 4.56. The first-order valence-corrected chi connectivity index (χ1v) is 9.38. The van der Waals surface area contributed by atoms with Crippen molar-refractivity contribution in [1.29, 1.82) is 0 Å². The van der Waals surface area contributed by atoms with E-state index in [9.17, 15) is 4.79 Å². The number of carbonyl (C=O) groups excluding carboxylic acids is 1. The van der Waals surface area contributed by atoms with Gasteiger partial charge in [-0.05, 0) is 37.6 Å². The average Bonchev–Trinajstić information content (AvgIpc) is 2.95. The minimum absolute atomic E-state index is 0.0504. The van der Waals surface area contributed by atoms with E-state index in [1.165, 1.54) is 23.1 Å². The summed E-state index contributed by atoms with van der Waals surface area (Å²) in [5.41, 5.74) is 0.781. The molecule has 8 heteroatoms. The van der Waals surface area contributed by atoms with Crippen LogP contribution in [0.15, 0.2) is 33.1 Å². The summed E-state index contributed by atoms with van der Waals surface area (Å²) in [4.78, 5) is 12.2. The molecule has 0 bridgehead atoms. The molecule has 2 N–H and O–H groups in total. The molecule has 2 aromatic rings. The van der Waals surface area contributed by atoms with Crippen LogP contribution in [0.2, 0.25) is 0 Å². The molecule has 0 aliphatic heterocycles. The highest BCUT2D eigenvalue weighted by atomic mass is 79.9. The van der Waals surface area contributed by atoms with E-state index < -0.39 is 0 Å². The molecule has 0 spiro atoms. The normalized spacial score (nSPS) is 12.0. The Morgan fingerprint density at radius 2 is 2.09 bits per heavy atom. The van der Waals surface area contributed by atoms with Crippen molar-refractivity contribution >= 4 is 55.8 Å². The van der Waals surface area contributed by atoms with Crippen molar-refractivity contribution in [3.8, 4) is 0 Å². The van der Waals surface area contributed by atoms with E-state index >= 15 is 0 Å². The highest BCUT2D eigenvalue weighted by Gasteiger charge is 2.17. The van der Waals surface area contributed by atoms with Gasteiger partial charge in [-0.15, -0.1) is 10.2 Å². The number of aromatic nitrogens is 2. The van der Waals surface area contributed by atoms with Crippen LogP contribution in [-0.4, -0.2) is 27.9 Å². The van der Waals surface area contributed by atoms with E-state index in [0.29, 0.717) is 0 Å². The molecule has 0 saturated heterocycles. The Labute approximate surface area is 146 Å². The van der Waals surface area contributed by atoms with Crippen molar-refractivity contribution < 1.29 is 4.79 Å². The summed E-state index contributed by atoms with van der Waals surface area (Å²) in [7, 11) is 0. The van der Waals surface area contributed by atoms with Gasteiger partial charge in [0, 0.05) is 16.7 Å². The predicted octanol–water partition coefficient (Wildman–Crippen LogP) is 4.24. The third-order valence-electron chi connectivity index (χ3n) is 2.69. The summed E-state index contributed by atoms with van der Waals surface area (Å²) >= 11 is 6.25. The lowest BCUT2D eigenvalue weighted by Gasteiger charge is -2.10. The first-order chi connectivity index (χ1) is 10.6. The zero-order valence-corrected chi connectivity index (χ0v) is 15.5. The lowest BCUT2D eigenvalue weighted by atomic mass is 10.3. The van der Waals surface area contributed by atoms with Crippen molar-refractivity contribution in [3.63, 3.8) is 0 Å². The molecule has 118 valence electrons. The van der Waals surface area contributed by atoms with E-state index in [0.717, 1.165) is 32.6 Å². The first-order valence-electron chi connectivity index (χ1n) is 6.89. The smallest absolute Gasteiger partial charge is 0.237 e. The van der Waals surface area contributed by atoms with E-state index in [2.05, 4.69) is 43.7 Å². The molecular formula is C14H17BrN4OS2. The zero-order chi connectivity index (χ0) is 15.9. The maximum Gasteiger partial charge on any atom is 0.237 e. The standard InChI is InChI=1S/C14H17BrN4OS2/c1-3-8-16-13-18-19-14(22-13)21-9(2)12(20)17-11-6-4-10(15)5-7-11/h4-7,9H,3,8H2,1-2H3,(H,16,18)(H,17,20)/t9-/m1/s1. The van der Waals surface area contributed by atoms with Crippen LogP contribution in [0.4, 0.5) is 10.8 Å². The van der Waals surface area contributed by atoms with Gasteiger partial charge in [0.05, 0.1) is 5.25 Å². The number of nitrogens with one attached hydrogen (secondary N) is 2. The maximum atomic E-state index is 12.2. The van der Waals surface area contributed by atoms with Crippen LogP contribution in [0, 0.1) is 0 Å². The molecule has 0 aliphatic carbocycles. The number of anilines is 2. The van der Waals surface area contributed by atoms with Gasteiger partial charge >= 0.3 is 0 Å². The number of hydrogen-bond donors (Lipinski definition) is 2. The zero-order valence-electron chi connectivity index (χ0n) is 12.3. The van der Waals surface area contributed by atoms with Gasteiger partial charge in [0.2, 0.25) is 11.0 Å². The summed E-state index contributed by atoms with van der Waals surface area (Å²) < 4.78 is 1.77. The van der Waals surface area contributed by atoms with Crippen LogP contribution in [0.5, 0.6) is 0 Å². The molecule has 1 amide bonds. The van der Waals surface area contributed by atoms with E-state index in [1.54, 1.807) is 0 Å². The molecular weight excluding hydrogens is 384 g/mol. The number of carbonyl (C=O) groups is 1. The van der Waals surface area contributed by atoms with Crippen LogP contribution in [0.25, 0.3) is 0 Å². The van der Waals surface area contributed by atoms with Crippen LogP contribution < -0.4 is 10.6 Å². The summed E-state index contributed by atoms with van der Waals surface area (Å²) in [5.74, 6) is -0.0504. The van der Waals surface area contributed by atoms with Crippen LogP contribution >= 0.6 is 39.0 Å². The molecule has 0 aliphatic rings. The van der Waals surface area contributed by atoms with Crippen LogP contribution in [-0.2, 0) is 4.79 Å². The minimum atomic E-state index is -0.240. The Kier molecular flexibility index (Phi) is 6.66. The molecule has 1 aromatic heterocycles. The summed E-state index contributed by atoms with van der Waals surface area (Å²) in [6.07, 6.45) is 1.04. The number of amides is 1. The van der Waals surface area contributed by atoms with E-state index in [1.807, 2.05) is 31.2 Å². The molecule has 1 heterocycles. The van der Waals surface area contributed by atoms with Crippen LogP contribution in [0.1, 0.15) is 20.3 Å². The lowest BCUT2D eigenvalue weighted by molar-refractivity contribution is -0.115. The number of rotatable bonds is 7. The van der Waals surface area contributed by atoms with Crippen molar-refractivity contribution in [3.05, 3.63) is 28.7 Å². The fraction of sp³-hybridized carbons (Fsp3) is 0.357. The molecule has 1 aromatic carbocycles. The van der Waals surface area contributed by atoms with Gasteiger partial charge in [0.15, 0.2) is 4.34 Å². The van der Waals surface area contributed by atoms with Crippen molar-refractivity contribution in [2.75, 3.05) is 17.2 Å². The Morgan fingerprint density at radius 3 is 2.77 bits per heavy atom. The largest absolute Gasteiger partial charge is 0.360 e. The maximum absolute atomic E-state index is 12.2. The van der Waals surface area contributed by atoms with Crippen LogP contribution in [0.3, 0.4) is 0 Å². The van der Waals surface area contributed by atoms with Gasteiger partial charge in [-0.3, -0.25) is 4.79 Å². The molecule has 0 radical (unpaired) electrons. The second kappa shape index (κ2) is 8.50. The monoisotopic (exact) mass is 400 g/mol. The summed E-state index contributed by atoms with van der Waals surface area (Å²) in [5, 5.41) is 14.8. The SMILES string of the molecule is CCCNc1nnc(S[C@H](C)C(=O)Nc2ccc(Br)cc2)s1. The predicted molar refractivity (Wildman–Crippen MR) is 96.8 cm³/mol. The topological polar surface area (TPSA) is 66.9 Å². The first kappa shape index (κ1) is 17.2. The van der Waals surface area contributed by atoms with E-state index in [4.69, 9.17) is 0 Å². The van der Waals surface area contributed by atoms with Crippen molar-refractivity contribution in [1.82, 2.24) is 10.2 Å². The van der Waals surface area contributed by atoms with Gasteiger partial charge < -0.3 is 10.6 Å². The molecule has 0 saturated carbocycles. The highest BCUT2D eigenvalue weighted by Crippen LogP contribution is 2.29. The molecule has 5 nitrogen and oxygen atoms in total. The molecule has 22 heavy (non-hydrogen) atoms. The number of benzene rings is 1. The highest BCUT2D eigenvalue weighted by molar-refractivity contribution is 9.10. The van der Waals surface area contributed by atoms with Gasteiger partial charge in [0.25, 0.3) is 0 Å². The number of hydrogen-bond acceptors (Lipinski definition) is 6. The van der Waals surface area contributed by atoms with E-state index in [-0.39, 0.29) is 11.2 Å². The molecule has 1 atom stereocenters. The minimum Gasteiger partial charge on any atom is -0.360 e. The third kappa shape index (κ3) is 5.26. The van der Waals surface area contributed by atoms with Gasteiger partial charge in [-0.1, -0.05) is 46.0 Å².